The summed E-state index contributed by atoms with van der Waals surface area (Å²) in [5, 5.41) is 10.8. The Morgan fingerprint density at radius 1 is 1.22 bits per heavy atom. The second-order valence-electron chi connectivity index (χ2n) is 5.66. The van der Waals surface area contributed by atoms with Crippen molar-refractivity contribution in [2.75, 3.05) is 6.54 Å². The third kappa shape index (κ3) is 24.1. The molecule has 0 radical (unpaired) electrons. The van der Waals surface area contributed by atoms with Crippen LogP contribution < -0.4 is 5.32 Å². The van der Waals surface area contributed by atoms with Crippen LogP contribution in [-0.2, 0) is 9.53 Å². The molecule has 0 aromatic rings. The van der Waals surface area contributed by atoms with Crippen molar-refractivity contribution >= 4 is 12.1 Å². The summed E-state index contributed by atoms with van der Waals surface area (Å²) < 4.78 is 4.95. The maximum Gasteiger partial charge on any atom is 0.407 e. The van der Waals surface area contributed by atoms with E-state index in [4.69, 9.17) is 9.84 Å². The number of amides is 1. The molecule has 0 aromatic carbocycles. The molecule has 0 bridgehead atoms. The molecule has 5 heteroatoms. The monoisotopic (exact) mass is 261 g/mol. The zero-order valence-corrected chi connectivity index (χ0v) is 12.4. The molecule has 18 heavy (non-hydrogen) atoms. The molecule has 0 saturated carbocycles. The first kappa shape index (κ1) is 19.1. The SMILES string of the molecule is CC(C)(C)OC(=O)NCCCC(=O)O.CC(C)C. The number of carboxylic acid groups (broad SMARTS) is 1. The number of nitrogens with one attached hydrogen (secondary N) is 1. The highest BCUT2D eigenvalue weighted by Crippen LogP contribution is 2.06. The largest absolute Gasteiger partial charge is 0.481 e. The van der Waals surface area contributed by atoms with E-state index in [0.717, 1.165) is 5.92 Å². The van der Waals surface area contributed by atoms with Crippen LogP contribution in [0.1, 0.15) is 54.4 Å². The van der Waals surface area contributed by atoms with Gasteiger partial charge in [0.05, 0.1) is 0 Å². The first-order chi connectivity index (χ1) is 8.04. The molecule has 0 heterocycles. The van der Waals surface area contributed by atoms with Crippen LogP contribution in [0.5, 0.6) is 0 Å². The average molecular weight is 261 g/mol. The van der Waals surface area contributed by atoms with E-state index in [1.54, 1.807) is 20.8 Å². The van der Waals surface area contributed by atoms with Gasteiger partial charge in [0.2, 0.25) is 0 Å². The highest BCUT2D eigenvalue weighted by atomic mass is 16.6. The second-order valence-corrected chi connectivity index (χ2v) is 5.66. The predicted octanol–water partition coefficient (Wildman–Crippen LogP) is 3.04. The van der Waals surface area contributed by atoms with Crippen LogP contribution in [0.15, 0.2) is 0 Å². The molecule has 108 valence electrons. The third-order valence-electron chi connectivity index (χ3n) is 1.24. The van der Waals surface area contributed by atoms with E-state index in [2.05, 4.69) is 26.1 Å². The van der Waals surface area contributed by atoms with Crippen LogP contribution in [0, 0.1) is 5.92 Å². The minimum Gasteiger partial charge on any atom is -0.481 e. The van der Waals surface area contributed by atoms with E-state index in [9.17, 15) is 9.59 Å². The summed E-state index contributed by atoms with van der Waals surface area (Å²) in [5.41, 5.74) is -0.517. The highest BCUT2D eigenvalue weighted by molar-refractivity contribution is 5.68. The zero-order chi connectivity index (χ0) is 14.8. The Balaban J connectivity index is 0. The minimum absolute atomic E-state index is 0.0514. The first-order valence-electron chi connectivity index (χ1n) is 6.23. The molecular formula is C13H27NO4. The van der Waals surface area contributed by atoms with Gasteiger partial charge in [-0.1, -0.05) is 20.8 Å². The van der Waals surface area contributed by atoms with Crippen LogP contribution in [-0.4, -0.2) is 29.3 Å². The van der Waals surface area contributed by atoms with Gasteiger partial charge in [0.1, 0.15) is 5.60 Å². The Kier molecular flexibility index (Phi) is 10.3. The molecule has 0 fully saturated rings. The lowest BCUT2D eigenvalue weighted by atomic mass is 10.2. The summed E-state index contributed by atoms with van der Waals surface area (Å²) in [6.45, 7) is 12.1. The molecule has 0 aliphatic carbocycles. The fourth-order valence-electron chi connectivity index (χ4n) is 0.744. The van der Waals surface area contributed by atoms with Crippen molar-refractivity contribution in [1.29, 1.82) is 0 Å². The van der Waals surface area contributed by atoms with E-state index in [-0.39, 0.29) is 6.42 Å². The maximum absolute atomic E-state index is 11.0. The molecule has 0 unspecified atom stereocenters. The van der Waals surface area contributed by atoms with Gasteiger partial charge in [-0.15, -0.1) is 0 Å². The predicted molar refractivity (Wildman–Crippen MR) is 71.6 cm³/mol. The van der Waals surface area contributed by atoms with Gasteiger partial charge in [-0.05, 0) is 33.1 Å². The standard InChI is InChI=1S/C9H17NO4.C4H10/c1-9(2,3)14-8(13)10-6-4-5-7(11)12;1-4(2)3/h4-6H2,1-3H3,(H,10,13)(H,11,12);4H,1-3H3. The Morgan fingerprint density at radius 3 is 2.00 bits per heavy atom. The number of carbonyl (C=O) groups excluding carboxylic acids is 1. The molecule has 0 saturated heterocycles. The van der Waals surface area contributed by atoms with E-state index in [1.165, 1.54) is 0 Å². The van der Waals surface area contributed by atoms with Crippen molar-refractivity contribution in [3.63, 3.8) is 0 Å². The summed E-state index contributed by atoms with van der Waals surface area (Å²) >= 11 is 0. The molecule has 0 atom stereocenters. The number of aliphatic carboxylic acids is 1. The van der Waals surface area contributed by atoms with Crippen molar-refractivity contribution in [2.24, 2.45) is 5.92 Å². The summed E-state index contributed by atoms with van der Waals surface area (Å²) in [6.07, 6.45) is -0.0485. The van der Waals surface area contributed by atoms with Crippen LogP contribution in [0.25, 0.3) is 0 Å². The van der Waals surface area contributed by atoms with E-state index in [1.807, 2.05) is 0 Å². The lowest BCUT2D eigenvalue weighted by molar-refractivity contribution is -0.137. The number of carbonyl (C=O) groups is 2. The Bertz CT molecular complexity index is 241. The van der Waals surface area contributed by atoms with E-state index in [0.29, 0.717) is 13.0 Å². The van der Waals surface area contributed by atoms with Crippen molar-refractivity contribution < 1.29 is 19.4 Å². The number of carboxylic acids is 1. The Hall–Kier alpha value is -1.26. The number of hydrogen-bond acceptors (Lipinski definition) is 3. The van der Waals surface area contributed by atoms with Gasteiger partial charge >= 0.3 is 12.1 Å². The summed E-state index contributed by atoms with van der Waals surface area (Å²) in [7, 11) is 0. The summed E-state index contributed by atoms with van der Waals surface area (Å²) in [4.78, 5) is 21.2. The molecular weight excluding hydrogens is 234 g/mol. The van der Waals surface area contributed by atoms with Gasteiger partial charge in [-0.25, -0.2) is 4.79 Å². The Labute approximate surface area is 110 Å². The van der Waals surface area contributed by atoms with E-state index >= 15 is 0 Å². The summed E-state index contributed by atoms with van der Waals surface area (Å²) in [6, 6.07) is 0. The number of rotatable bonds is 4. The van der Waals surface area contributed by atoms with Crippen LogP contribution >= 0.6 is 0 Å². The smallest absolute Gasteiger partial charge is 0.407 e. The minimum atomic E-state index is -0.865. The second kappa shape index (κ2) is 9.74. The van der Waals surface area contributed by atoms with Crippen molar-refractivity contribution in [3.05, 3.63) is 0 Å². The van der Waals surface area contributed by atoms with E-state index < -0.39 is 17.7 Å². The van der Waals surface area contributed by atoms with Crippen LogP contribution in [0.4, 0.5) is 4.79 Å². The van der Waals surface area contributed by atoms with Gasteiger partial charge < -0.3 is 15.2 Å². The van der Waals surface area contributed by atoms with Crippen molar-refractivity contribution in [1.82, 2.24) is 5.32 Å². The van der Waals surface area contributed by atoms with Crippen molar-refractivity contribution in [2.45, 2.75) is 60.0 Å². The fourth-order valence-corrected chi connectivity index (χ4v) is 0.744. The highest BCUT2D eigenvalue weighted by Gasteiger charge is 2.15. The van der Waals surface area contributed by atoms with Gasteiger partial charge in [-0.2, -0.15) is 0 Å². The number of alkyl carbamates (subject to hydrolysis) is 1. The van der Waals surface area contributed by atoms with Gasteiger partial charge in [-0.3, -0.25) is 4.79 Å². The molecule has 0 aliphatic heterocycles. The van der Waals surface area contributed by atoms with Gasteiger partial charge in [0.25, 0.3) is 0 Å². The van der Waals surface area contributed by atoms with Crippen LogP contribution in [0.3, 0.4) is 0 Å². The number of ether oxygens (including phenoxy) is 1. The topological polar surface area (TPSA) is 75.6 Å². The molecule has 0 rings (SSSR count). The number of hydrogen-bond donors (Lipinski definition) is 2. The molecule has 5 nitrogen and oxygen atoms in total. The van der Waals surface area contributed by atoms with Crippen LogP contribution in [0.2, 0.25) is 0 Å². The lowest BCUT2D eigenvalue weighted by Crippen LogP contribution is -2.33. The van der Waals surface area contributed by atoms with Crippen molar-refractivity contribution in [3.8, 4) is 0 Å². The normalized spacial score (nSPS) is 10.4. The molecule has 0 aliphatic rings. The first-order valence-corrected chi connectivity index (χ1v) is 6.23. The molecule has 1 amide bonds. The van der Waals surface area contributed by atoms with Gasteiger partial charge in [0.15, 0.2) is 0 Å². The Morgan fingerprint density at radius 2 is 1.67 bits per heavy atom. The van der Waals surface area contributed by atoms with Gasteiger partial charge in [0, 0.05) is 13.0 Å². The zero-order valence-electron chi connectivity index (χ0n) is 12.4. The third-order valence-corrected chi connectivity index (χ3v) is 1.24. The molecule has 0 spiro atoms. The fraction of sp³-hybridized carbons (Fsp3) is 0.846. The molecule has 0 aromatic heterocycles. The maximum atomic E-state index is 11.0. The lowest BCUT2D eigenvalue weighted by Gasteiger charge is -2.19. The quantitative estimate of drug-likeness (QED) is 0.763. The summed E-state index contributed by atoms with van der Waals surface area (Å²) in [5.74, 6) is -0.0315. The average Bonchev–Trinajstić information content (AvgIpc) is 2.08. The molecule has 2 N–H and O–H groups in total.